The molecule has 0 aliphatic carbocycles. The van der Waals surface area contributed by atoms with Gasteiger partial charge in [0.2, 0.25) is 5.91 Å². The van der Waals surface area contributed by atoms with Crippen molar-refractivity contribution in [2.75, 3.05) is 18.6 Å². The summed E-state index contributed by atoms with van der Waals surface area (Å²) in [6, 6.07) is 2.74. The number of ether oxygens (including phenoxy) is 1. The lowest BCUT2D eigenvalue weighted by atomic mass is 10.1. The molecule has 1 atom stereocenters. The minimum absolute atomic E-state index is 0.00439. The molecule has 0 bridgehead atoms. The fourth-order valence-corrected chi connectivity index (χ4v) is 2.55. The molecule has 0 spiro atoms. The predicted octanol–water partition coefficient (Wildman–Crippen LogP) is 1.07. The number of aromatic nitrogens is 1. The summed E-state index contributed by atoms with van der Waals surface area (Å²) in [5.74, 6) is 0.145. The number of hydrogen-bond acceptors (Lipinski definition) is 6. The van der Waals surface area contributed by atoms with E-state index in [4.69, 9.17) is 0 Å². The molecule has 114 valence electrons. The van der Waals surface area contributed by atoms with Crippen molar-refractivity contribution in [1.29, 1.82) is 0 Å². The van der Waals surface area contributed by atoms with Crippen molar-refractivity contribution in [3.63, 3.8) is 0 Å². The first-order valence-electron chi connectivity index (χ1n) is 6.40. The Hall–Kier alpha value is -1.89. The average Bonchev–Trinajstić information content (AvgIpc) is 2.49. The first kappa shape index (κ1) is 17.2. The second kappa shape index (κ2) is 9.12. The molecule has 6 nitrogen and oxygen atoms in total. The van der Waals surface area contributed by atoms with Crippen LogP contribution in [0.15, 0.2) is 24.5 Å². The van der Waals surface area contributed by atoms with Gasteiger partial charge in [0, 0.05) is 42.8 Å². The van der Waals surface area contributed by atoms with Gasteiger partial charge in [-0.1, -0.05) is 0 Å². The molecule has 0 radical (unpaired) electrons. The maximum atomic E-state index is 11.8. The number of nitrogens with zero attached hydrogens (tertiary/aromatic N) is 1. The molecule has 1 rings (SSSR count). The quantitative estimate of drug-likeness (QED) is 0.439. The van der Waals surface area contributed by atoms with Gasteiger partial charge in [-0.05, 0) is 12.1 Å². The van der Waals surface area contributed by atoms with Gasteiger partial charge in [0.1, 0.15) is 6.04 Å². The van der Waals surface area contributed by atoms with Crippen molar-refractivity contribution in [1.82, 2.24) is 10.3 Å². The van der Waals surface area contributed by atoms with E-state index in [9.17, 15) is 14.4 Å². The third kappa shape index (κ3) is 6.40. The van der Waals surface area contributed by atoms with Gasteiger partial charge in [0.25, 0.3) is 0 Å². The molecule has 0 unspecified atom stereocenters. The molecular formula is C14H18N2O4S. The van der Waals surface area contributed by atoms with Crippen LogP contribution in [0.2, 0.25) is 0 Å². The molecule has 0 aliphatic rings. The summed E-state index contributed by atoms with van der Waals surface area (Å²) in [5, 5.41) is 2.52. The SMILES string of the molecule is COC(=O)[C@H](CSCCC(=O)c1cccnc1)NC(C)=O. The Kier molecular flexibility index (Phi) is 7.45. The zero-order chi connectivity index (χ0) is 15.7. The molecule has 0 aliphatic heterocycles. The Balaban J connectivity index is 2.35. The Morgan fingerprint density at radius 1 is 1.43 bits per heavy atom. The highest BCUT2D eigenvalue weighted by Gasteiger charge is 2.20. The molecule has 7 heteroatoms. The second-order valence-corrected chi connectivity index (χ2v) is 5.42. The van der Waals surface area contributed by atoms with Crippen molar-refractivity contribution in [2.45, 2.75) is 19.4 Å². The van der Waals surface area contributed by atoms with Gasteiger partial charge >= 0.3 is 5.97 Å². The summed E-state index contributed by atoms with van der Waals surface area (Å²) in [5.41, 5.74) is 0.574. The molecule has 1 heterocycles. The van der Waals surface area contributed by atoms with E-state index in [2.05, 4.69) is 15.0 Å². The fraction of sp³-hybridized carbons (Fsp3) is 0.429. The summed E-state index contributed by atoms with van der Waals surface area (Å²) in [6.07, 6.45) is 3.49. The Morgan fingerprint density at radius 3 is 2.76 bits per heavy atom. The normalized spacial score (nSPS) is 11.5. The molecule has 0 saturated heterocycles. The number of carbonyl (C=O) groups excluding carboxylic acids is 3. The number of ketones is 1. The summed E-state index contributed by atoms with van der Waals surface area (Å²) >= 11 is 1.41. The maximum Gasteiger partial charge on any atom is 0.329 e. The summed E-state index contributed by atoms with van der Waals surface area (Å²) < 4.78 is 4.62. The number of carbonyl (C=O) groups is 3. The summed E-state index contributed by atoms with van der Waals surface area (Å²) in [7, 11) is 1.27. The number of pyridine rings is 1. The van der Waals surface area contributed by atoms with Gasteiger partial charge in [-0.3, -0.25) is 14.6 Å². The van der Waals surface area contributed by atoms with Crippen LogP contribution < -0.4 is 5.32 Å². The second-order valence-electron chi connectivity index (χ2n) is 4.27. The van der Waals surface area contributed by atoms with Gasteiger partial charge in [-0.15, -0.1) is 0 Å². The van der Waals surface area contributed by atoms with Crippen LogP contribution in [0.25, 0.3) is 0 Å². The van der Waals surface area contributed by atoms with E-state index in [1.165, 1.54) is 32.0 Å². The largest absolute Gasteiger partial charge is 0.467 e. The maximum absolute atomic E-state index is 11.8. The molecule has 21 heavy (non-hydrogen) atoms. The highest BCUT2D eigenvalue weighted by molar-refractivity contribution is 7.99. The fourth-order valence-electron chi connectivity index (χ4n) is 1.59. The van der Waals surface area contributed by atoms with Crippen LogP contribution in [0.3, 0.4) is 0 Å². The third-order valence-corrected chi connectivity index (χ3v) is 3.67. The Bertz CT molecular complexity index is 493. The molecule has 0 aromatic carbocycles. The topological polar surface area (TPSA) is 85.4 Å². The Labute approximate surface area is 127 Å². The molecule has 1 aromatic heterocycles. The van der Waals surface area contributed by atoms with E-state index >= 15 is 0 Å². The number of Topliss-reactive ketones (excluding diaryl/α,β-unsaturated/α-hetero) is 1. The number of amides is 1. The number of thioether (sulfide) groups is 1. The van der Waals surface area contributed by atoms with E-state index < -0.39 is 12.0 Å². The zero-order valence-corrected chi connectivity index (χ0v) is 12.8. The molecule has 1 amide bonds. The highest BCUT2D eigenvalue weighted by Crippen LogP contribution is 2.09. The lowest BCUT2D eigenvalue weighted by Crippen LogP contribution is -2.42. The van der Waals surface area contributed by atoms with Crippen LogP contribution in [0.5, 0.6) is 0 Å². The number of methoxy groups -OCH3 is 1. The van der Waals surface area contributed by atoms with E-state index in [1.807, 2.05) is 0 Å². The van der Waals surface area contributed by atoms with Crippen molar-refractivity contribution in [2.24, 2.45) is 0 Å². The van der Waals surface area contributed by atoms with E-state index in [-0.39, 0.29) is 11.7 Å². The monoisotopic (exact) mass is 310 g/mol. The molecule has 0 saturated carbocycles. The first-order chi connectivity index (χ1) is 10.0. The lowest BCUT2D eigenvalue weighted by molar-refractivity contribution is -0.144. The van der Waals surface area contributed by atoms with Crippen molar-refractivity contribution >= 4 is 29.4 Å². The predicted molar refractivity (Wildman–Crippen MR) is 80.1 cm³/mol. The van der Waals surface area contributed by atoms with Crippen molar-refractivity contribution in [3.8, 4) is 0 Å². The first-order valence-corrected chi connectivity index (χ1v) is 7.56. The minimum atomic E-state index is -0.689. The van der Waals surface area contributed by atoms with E-state index in [1.54, 1.807) is 18.3 Å². The summed E-state index contributed by atoms with van der Waals surface area (Å²) in [6.45, 7) is 1.34. The van der Waals surface area contributed by atoms with E-state index in [0.717, 1.165) is 0 Å². The van der Waals surface area contributed by atoms with Gasteiger partial charge < -0.3 is 10.1 Å². The standard InChI is InChI=1S/C14H18N2O4S/c1-10(17)16-12(14(19)20-2)9-21-7-5-13(18)11-4-3-6-15-8-11/h3-4,6,8,12H,5,7,9H2,1-2H3,(H,16,17)/t12-/m0/s1. The van der Waals surface area contributed by atoms with Gasteiger partial charge in [0.15, 0.2) is 5.78 Å². The van der Waals surface area contributed by atoms with Crippen molar-refractivity contribution in [3.05, 3.63) is 30.1 Å². The minimum Gasteiger partial charge on any atom is -0.467 e. The van der Waals surface area contributed by atoms with Crippen LogP contribution in [-0.2, 0) is 14.3 Å². The number of rotatable bonds is 8. The number of esters is 1. The van der Waals surface area contributed by atoms with Gasteiger partial charge in [-0.25, -0.2) is 4.79 Å². The number of nitrogens with one attached hydrogen (secondary N) is 1. The zero-order valence-electron chi connectivity index (χ0n) is 12.0. The van der Waals surface area contributed by atoms with Crippen LogP contribution >= 0.6 is 11.8 Å². The number of hydrogen-bond donors (Lipinski definition) is 1. The third-order valence-electron chi connectivity index (χ3n) is 2.60. The smallest absolute Gasteiger partial charge is 0.329 e. The van der Waals surface area contributed by atoms with Crippen LogP contribution in [0.4, 0.5) is 0 Å². The van der Waals surface area contributed by atoms with Gasteiger partial charge in [0.05, 0.1) is 7.11 Å². The molecular weight excluding hydrogens is 292 g/mol. The van der Waals surface area contributed by atoms with Crippen LogP contribution in [0, 0.1) is 0 Å². The highest BCUT2D eigenvalue weighted by atomic mass is 32.2. The van der Waals surface area contributed by atoms with Crippen LogP contribution in [-0.4, -0.2) is 47.3 Å². The Morgan fingerprint density at radius 2 is 2.19 bits per heavy atom. The average molecular weight is 310 g/mol. The van der Waals surface area contributed by atoms with Crippen LogP contribution in [0.1, 0.15) is 23.7 Å². The molecule has 0 fully saturated rings. The molecule has 1 aromatic rings. The summed E-state index contributed by atoms with van der Waals surface area (Å²) in [4.78, 5) is 38.2. The molecule has 1 N–H and O–H groups in total. The van der Waals surface area contributed by atoms with Crippen molar-refractivity contribution < 1.29 is 19.1 Å². The van der Waals surface area contributed by atoms with Gasteiger partial charge in [-0.2, -0.15) is 11.8 Å². The lowest BCUT2D eigenvalue weighted by Gasteiger charge is -2.14. The van der Waals surface area contributed by atoms with E-state index in [0.29, 0.717) is 23.5 Å².